The number of rotatable bonds is 4. The summed E-state index contributed by atoms with van der Waals surface area (Å²) in [4.78, 5) is 0. The summed E-state index contributed by atoms with van der Waals surface area (Å²) in [7, 11) is -1.59. The maximum Gasteiger partial charge on any atom is 0.191 e. The third-order valence-corrected chi connectivity index (χ3v) is 12.0. The Kier molecular flexibility index (Phi) is 5.88. The van der Waals surface area contributed by atoms with Crippen molar-refractivity contribution >= 4 is 14.4 Å². The monoisotopic (exact) mass is 374 g/mol. The average Bonchev–Trinajstić information content (AvgIpc) is 3.09. The Balaban J connectivity index is 1.46. The largest absolute Gasteiger partial charge is 0.472 e. The van der Waals surface area contributed by atoms with Gasteiger partial charge in [0.15, 0.2) is 8.32 Å². The van der Waals surface area contributed by atoms with E-state index < -0.39 is 8.32 Å². The van der Waals surface area contributed by atoms with E-state index in [0.717, 1.165) is 12.5 Å². The van der Waals surface area contributed by atoms with Gasteiger partial charge in [-0.25, -0.2) is 0 Å². The molecule has 2 nitrogen and oxygen atoms in total. The second-order valence-electron chi connectivity index (χ2n) is 10.4. The summed E-state index contributed by atoms with van der Waals surface area (Å²) in [5, 5.41) is 0.323. The van der Waals surface area contributed by atoms with Crippen molar-refractivity contribution in [2.75, 3.05) is 6.61 Å². The maximum atomic E-state index is 6.51. The van der Waals surface area contributed by atoms with Crippen molar-refractivity contribution in [3.05, 3.63) is 29.7 Å². The van der Waals surface area contributed by atoms with Crippen molar-refractivity contribution < 1.29 is 8.84 Å². The molecular formula is C23H38O2Si. The fourth-order valence-electron chi connectivity index (χ4n) is 4.34. The van der Waals surface area contributed by atoms with Crippen LogP contribution in [0.15, 0.2) is 28.6 Å². The molecule has 0 saturated heterocycles. The summed E-state index contributed by atoms with van der Waals surface area (Å²) in [5.41, 5.74) is 3.46. The Bertz CT molecular complexity index is 587. The normalized spacial score (nSPS) is 27.7. The van der Waals surface area contributed by atoms with E-state index in [-0.39, 0.29) is 0 Å². The van der Waals surface area contributed by atoms with Crippen LogP contribution in [-0.4, -0.2) is 14.9 Å². The van der Waals surface area contributed by atoms with E-state index in [1.54, 1.807) is 11.8 Å². The van der Waals surface area contributed by atoms with Crippen LogP contribution in [0.2, 0.25) is 18.1 Å². The Morgan fingerprint density at radius 2 is 1.81 bits per heavy atom. The average molecular weight is 375 g/mol. The van der Waals surface area contributed by atoms with Gasteiger partial charge in [0, 0.05) is 12.2 Å². The summed E-state index contributed by atoms with van der Waals surface area (Å²) in [6, 6.07) is 2.06. The van der Waals surface area contributed by atoms with Gasteiger partial charge >= 0.3 is 0 Å². The lowest BCUT2D eigenvalue weighted by molar-refractivity contribution is 0.0863. The van der Waals surface area contributed by atoms with Crippen LogP contribution < -0.4 is 0 Å². The predicted molar refractivity (Wildman–Crippen MR) is 113 cm³/mol. The standard InChI is InChI=1S/C23H38O2Si/c1-22(2,3)26(4,5)25-18-20-8-13-23(14-9-20)11-6-19(7-12-23)16-21-10-15-24-17-21/h10,15-17,20H,6-9,11-14,18H2,1-5H3. The number of hydrogen-bond donors (Lipinski definition) is 0. The van der Waals surface area contributed by atoms with Crippen LogP contribution in [0.5, 0.6) is 0 Å². The summed E-state index contributed by atoms with van der Waals surface area (Å²) in [6.07, 6.45) is 16.8. The van der Waals surface area contributed by atoms with E-state index in [4.69, 9.17) is 8.84 Å². The Labute approximate surface area is 161 Å². The Hall–Kier alpha value is -0.803. The number of allylic oxidation sites excluding steroid dienone is 1. The summed E-state index contributed by atoms with van der Waals surface area (Å²) in [6.45, 7) is 12.8. The first-order chi connectivity index (χ1) is 12.2. The topological polar surface area (TPSA) is 22.4 Å². The molecule has 26 heavy (non-hydrogen) atoms. The third-order valence-electron chi connectivity index (χ3n) is 7.52. The second-order valence-corrected chi connectivity index (χ2v) is 15.2. The molecule has 0 N–H and O–H groups in total. The van der Waals surface area contributed by atoms with Crippen LogP contribution >= 0.6 is 0 Å². The molecule has 1 aromatic heterocycles. The third kappa shape index (κ3) is 4.72. The highest BCUT2D eigenvalue weighted by Gasteiger charge is 2.40. The van der Waals surface area contributed by atoms with Crippen LogP contribution in [0.1, 0.15) is 77.7 Å². The molecule has 3 heteroatoms. The van der Waals surface area contributed by atoms with Gasteiger partial charge in [-0.1, -0.05) is 32.4 Å². The number of hydrogen-bond acceptors (Lipinski definition) is 2. The molecule has 1 aromatic rings. The van der Waals surface area contributed by atoms with Crippen molar-refractivity contribution in [2.45, 2.75) is 90.3 Å². The first-order valence-corrected chi connectivity index (χ1v) is 13.5. The van der Waals surface area contributed by atoms with Crippen LogP contribution in [0.25, 0.3) is 6.08 Å². The zero-order valence-corrected chi connectivity index (χ0v) is 18.6. The van der Waals surface area contributed by atoms with Crippen molar-refractivity contribution in [3.8, 4) is 0 Å². The van der Waals surface area contributed by atoms with E-state index in [0.29, 0.717) is 10.5 Å². The molecule has 146 valence electrons. The van der Waals surface area contributed by atoms with Crippen LogP contribution in [0.3, 0.4) is 0 Å². The molecule has 3 rings (SSSR count). The van der Waals surface area contributed by atoms with Crippen LogP contribution in [0.4, 0.5) is 0 Å². The fraction of sp³-hybridized carbons (Fsp3) is 0.739. The first-order valence-electron chi connectivity index (χ1n) is 10.5. The highest BCUT2D eigenvalue weighted by molar-refractivity contribution is 6.74. The SMILES string of the molecule is CC(C)(C)[Si](C)(C)OCC1CCC2(CCC(=Cc3ccoc3)CC2)CC1. The molecular weight excluding hydrogens is 336 g/mol. The van der Waals surface area contributed by atoms with E-state index in [1.807, 2.05) is 6.26 Å². The summed E-state index contributed by atoms with van der Waals surface area (Å²) < 4.78 is 11.7. The highest BCUT2D eigenvalue weighted by atomic mass is 28.4. The molecule has 2 aliphatic carbocycles. The van der Waals surface area contributed by atoms with Gasteiger partial charge in [-0.05, 0) is 86.9 Å². The minimum absolute atomic E-state index is 0.323. The van der Waals surface area contributed by atoms with Gasteiger partial charge in [0.25, 0.3) is 0 Å². The molecule has 1 heterocycles. The molecule has 0 aromatic carbocycles. The lowest BCUT2D eigenvalue weighted by Crippen LogP contribution is -2.42. The van der Waals surface area contributed by atoms with Gasteiger partial charge in [-0.15, -0.1) is 0 Å². The number of furan rings is 1. The second kappa shape index (κ2) is 7.67. The van der Waals surface area contributed by atoms with Crippen LogP contribution in [0, 0.1) is 11.3 Å². The molecule has 2 saturated carbocycles. The lowest BCUT2D eigenvalue weighted by atomic mass is 9.62. The summed E-state index contributed by atoms with van der Waals surface area (Å²) >= 11 is 0. The summed E-state index contributed by atoms with van der Waals surface area (Å²) in [5.74, 6) is 0.789. The molecule has 2 aliphatic rings. The van der Waals surface area contributed by atoms with Gasteiger partial charge in [0.2, 0.25) is 0 Å². The van der Waals surface area contributed by atoms with Crippen molar-refractivity contribution in [1.82, 2.24) is 0 Å². The zero-order chi connectivity index (χ0) is 18.8. The smallest absolute Gasteiger partial charge is 0.191 e. The van der Waals surface area contributed by atoms with E-state index >= 15 is 0 Å². The van der Waals surface area contributed by atoms with Crippen LogP contribution in [-0.2, 0) is 4.43 Å². The molecule has 0 bridgehead atoms. The predicted octanol–water partition coefficient (Wildman–Crippen LogP) is 7.44. The Morgan fingerprint density at radius 3 is 2.35 bits per heavy atom. The van der Waals surface area contributed by atoms with Gasteiger partial charge in [-0.3, -0.25) is 0 Å². The minimum atomic E-state index is -1.59. The lowest BCUT2D eigenvalue weighted by Gasteiger charge is -2.44. The van der Waals surface area contributed by atoms with Crippen molar-refractivity contribution in [2.24, 2.45) is 11.3 Å². The molecule has 0 radical (unpaired) electrons. The quantitative estimate of drug-likeness (QED) is 0.511. The highest BCUT2D eigenvalue weighted by Crippen LogP contribution is 2.50. The molecule has 0 amide bonds. The molecule has 0 aliphatic heterocycles. The van der Waals surface area contributed by atoms with Gasteiger partial charge in [-0.2, -0.15) is 0 Å². The van der Waals surface area contributed by atoms with Gasteiger partial charge in [0.1, 0.15) is 0 Å². The van der Waals surface area contributed by atoms with E-state index in [1.165, 1.54) is 56.9 Å². The molecule has 0 atom stereocenters. The molecule has 0 unspecified atom stereocenters. The van der Waals surface area contributed by atoms with E-state index in [9.17, 15) is 0 Å². The molecule has 2 fully saturated rings. The Morgan fingerprint density at radius 1 is 1.15 bits per heavy atom. The first kappa shape index (κ1) is 19.9. The van der Waals surface area contributed by atoms with Gasteiger partial charge < -0.3 is 8.84 Å². The minimum Gasteiger partial charge on any atom is -0.472 e. The van der Waals surface area contributed by atoms with Crippen molar-refractivity contribution in [3.63, 3.8) is 0 Å². The molecule has 1 spiro atoms. The van der Waals surface area contributed by atoms with Crippen molar-refractivity contribution in [1.29, 1.82) is 0 Å². The van der Waals surface area contributed by atoms with Gasteiger partial charge in [0.05, 0.1) is 12.5 Å². The fourth-order valence-corrected chi connectivity index (χ4v) is 5.42. The maximum absolute atomic E-state index is 6.51. The van der Waals surface area contributed by atoms with E-state index in [2.05, 4.69) is 46.0 Å². The zero-order valence-electron chi connectivity index (χ0n) is 17.6.